The maximum absolute atomic E-state index is 13.4. The normalized spacial score (nSPS) is 23.6. The van der Waals surface area contributed by atoms with Gasteiger partial charge < -0.3 is 29.5 Å². The van der Waals surface area contributed by atoms with Crippen LogP contribution in [0.3, 0.4) is 0 Å². The monoisotopic (exact) mass is 459 g/mol. The van der Waals surface area contributed by atoms with Crippen LogP contribution in [0.15, 0.2) is 12.3 Å². The minimum absolute atomic E-state index is 0.0461. The Morgan fingerprint density at radius 3 is 2.70 bits per heavy atom. The van der Waals surface area contributed by atoms with Crippen molar-refractivity contribution in [3.63, 3.8) is 0 Å². The molecule has 0 unspecified atom stereocenters. The molecule has 0 aromatic carbocycles. The molecule has 0 saturated carbocycles. The van der Waals surface area contributed by atoms with Crippen molar-refractivity contribution >= 4 is 5.91 Å². The van der Waals surface area contributed by atoms with Crippen molar-refractivity contribution in [1.82, 2.24) is 14.8 Å². The highest BCUT2D eigenvalue weighted by Gasteiger charge is 2.34. The molecule has 3 rings (SSSR count). The zero-order chi connectivity index (χ0) is 24.0. The molecule has 8 nitrogen and oxygen atoms in total. The Morgan fingerprint density at radius 2 is 2.03 bits per heavy atom. The van der Waals surface area contributed by atoms with Gasteiger partial charge in [-0.05, 0) is 45.7 Å². The Morgan fingerprint density at radius 1 is 1.30 bits per heavy atom. The number of rotatable bonds is 6. The number of carbonyl (C=O) groups is 1. The third-order valence-corrected chi connectivity index (χ3v) is 6.35. The van der Waals surface area contributed by atoms with E-state index in [-0.39, 0.29) is 36.5 Å². The maximum atomic E-state index is 13.4. The summed E-state index contributed by atoms with van der Waals surface area (Å²) >= 11 is 0. The van der Waals surface area contributed by atoms with Gasteiger partial charge >= 0.3 is 0 Å². The number of hydrogen-bond acceptors (Lipinski definition) is 7. The van der Waals surface area contributed by atoms with Gasteiger partial charge in [-0.1, -0.05) is 18.8 Å². The highest BCUT2D eigenvalue weighted by molar-refractivity contribution is 5.97. The lowest BCUT2D eigenvalue weighted by Gasteiger charge is -2.38. The summed E-state index contributed by atoms with van der Waals surface area (Å²) in [5.41, 5.74) is 0.863. The fraction of sp³-hybridized carbons (Fsp3) is 0.680. The van der Waals surface area contributed by atoms with E-state index in [9.17, 15) is 15.0 Å². The minimum atomic E-state index is -0.777. The van der Waals surface area contributed by atoms with Crippen LogP contribution in [-0.2, 0) is 4.74 Å². The predicted octanol–water partition coefficient (Wildman–Crippen LogP) is 1.39. The molecule has 182 valence electrons. The van der Waals surface area contributed by atoms with Gasteiger partial charge in [0.2, 0.25) is 5.88 Å². The highest BCUT2D eigenvalue weighted by atomic mass is 16.5. The van der Waals surface area contributed by atoms with E-state index in [4.69, 9.17) is 9.47 Å². The van der Waals surface area contributed by atoms with Gasteiger partial charge in [-0.3, -0.25) is 4.79 Å². The third kappa shape index (κ3) is 6.90. The van der Waals surface area contributed by atoms with Crippen LogP contribution in [0, 0.1) is 23.7 Å². The predicted molar refractivity (Wildman–Crippen MR) is 125 cm³/mol. The molecule has 3 heterocycles. The topological polar surface area (TPSA) is 95.4 Å². The average Bonchev–Trinajstić information content (AvgIpc) is 2.80. The highest BCUT2D eigenvalue weighted by Crippen LogP contribution is 2.27. The first-order valence-corrected chi connectivity index (χ1v) is 11.8. The van der Waals surface area contributed by atoms with E-state index in [1.54, 1.807) is 24.1 Å². The summed E-state index contributed by atoms with van der Waals surface area (Å²) in [6.07, 6.45) is 2.76. The fourth-order valence-electron chi connectivity index (χ4n) is 4.33. The molecule has 1 aromatic rings. The van der Waals surface area contributed by atoms with Crippen molar-refractivity contribution in [2.24, 2.45) is 11.8 Å². The van der Waals surface area contributed by atoms with E-state index < -0.39 is 6.10 Å². The van der Waals surface area contributed by atoms with Crippen molar-refractivity contribution in [2.75, 3.05) is 46.5 Å². The van der Waals surface area contributed by atoms with Crippen LogP contribution in [0.1, 0.15) is 49.5 Å². The largest absolute Gasteiger partial charge is 0.472 e. The zero-order valence-electron chi connectivity index (χ0n) is 20.2. The molecule has 0 aliphatic carbocycles. The van der Waals surface area contributed by atoms with E-state index in [0.29, 0.717) is 30.1 Å². The van der Waals surface area contributed by atoms with Gasteiger partial charge in [0.15, 0.2) is 0 Å². The van der Waals surface area contributed by atoms with Crippen LogP contribution in [0.2, 0.25) is 0 Å². The van der Waals surface area contributed by atoms with Gasteiger partial charge in [0.25, 0.3) is 5.91 Å². The Labute approximate surface area is 196 Å². The summed E-state index contributed by atoms with van der Waals surface area (Å²) in [6, 6.07) is 1.33. The van der Waals surface area contributed by atoms with Crippen molar-refractivity contribution < 1.29 is 24.5 Å². The molecule has 0 bridgehead atoms. The first-order chi connectivity index (χ1) is 15.8. The zero-order valence-corrected chi connectivity index (χ0v) is 20.2. The molecule has 2 aliphatic rings. The standard InChI is InChI=1S/C25H37N3O5/c1-17-13-28(18(2)16-29)25(31)22-11-21(6-5-19(3)30)12-26-24(22)33-23(17)15-27(4)14-20-7-9-32-10-8-20/h11-12,17-20,23,29-30H,7-10,13-16H2,1-4H3/t17-,18+,19+,23-/m1/s1. The Hall–Kier alpha value is -2.18. The van der Waals surface area contributed by atoms with Crippen molar-refractivity contribution in [2.45, 2.75) is 51.9 Å². The average molecular weight is 460 g/mol. The molecule has 1 amide bonds. The van der Waals surface area contributed by atoms with Crippen LogP contribution in [-0.4, -0.2) is 95.7 Å². The second kappa shape index (κ2) is 11.8. The Bertz CT molecular complexity index is 859. The van der Waals surface area contributed by atoms with Crippen LogP contribution in [0.25, 0.3) is 0 Å². The summed E-state index contributed by atoms with van der Waals surface area (Å²) in [7, 11) is 2.10. The molecule has 33 heavy (non-hydrogen) atoms. The van der Waals surface area contributed by atoms with Gasteiger partial charge in [0, 0.05) is 50.5 Å². The second-order valence-corrected chi connectivity index (χ2v) is 9.42. The number of carbonyl (C=O) groups excluding carboxylic acids is 1. The summed E-state index contributed by atoms with van der Waals surface area (Å²) in [5, 5.41) is 19.3. The SMILES string of the molecule is C[C@H](O)C#Cc1cnc2c(c1)C(=O)N([C@@H](C)CO)C[C@@H](C)[C@@H](CN(C)CC1CCOCC1)O2. The number of aromatic nitrogens is 1. The number of aliphatic hydroxyl groups excluding tert-OH is 2. The fourth-order valence-corrected chi connectivity index (χ4v) is 4.33. The van der Waals surface area contributed by atoms with E-state index in [0.717, 1.165) is 32.6 Å². The molecule has 4 atom stereocenters. The van der Waals surface area contributed by atoms with E-state index in [1.165, 1.54) is 0 Å². The first-order valence-electron chi connectivity index (χ1n) is 11.8. The summed E-state index contributed by atoms with van der Waals surface area (Å²) < 4.78 is 11.8. The number of hydrogen-bond donors (Lipinski definition) is 2. The molecular formula is C25H37N3O5. The van der Waals surface area contributed by atoms with Crippen LogP contribution >= 0.6 is 0 Å². The summed E-state index contributed by atoms with van der Waals surface area (Å²) in [6.45, 7) is 9.16. The number of likely N-dealkylation sites (N-methyl/N-ethyl adjacent to an activating group) is 1. The van der Waals surface area contributed by atoms with E-state index in [2.05, 4.69) is 35.7 Å². The van der Waals surface area contributed by atoms with E-state index >= 15 is 0 Å². The third-order valence-electron chi connectivity index (χ3n) is 6.35. The Kier molecular flexibility index (Phi) is 9.10. The molecule has 1 saturated heterocycles. The summed E-state index contributed by atoms with van der Waals surface area (Å²) in [4.78, 5) is 21.8. The van der Waals surface area contributed by atoms with Crippen LogP contribution < -0.4 is 4.74 Å². The lowest BCUT2D eigenvalue weighted by molar-refractivity contribution is 0.0254. The Balaban J connectivity index is 1.86. The molecule has 1 fully saturated rings. The maximum Gasteiger partial charge on any atom is 0.259 e. The minimum Gasteiger partial charge on any atom is -0.472 e. The quantitative estimate of drug-likeness (QED) is 0.621. The molecule has 0 spiro atoms. The molecular weight excluding hydrogens is 422 g/mol. The van der Waals surface area contributed by atoms with Gasteiger partial charge in [-0.15, -0.1) is 0 Å². The van der Waals surface area contributed by atoms with Crippen LogP contribution in [0.4, 0.5) is 0 Å². The number of aliphatic hydroxyl groups is 2. The molecule has 2 aliphatic heterocycles. The second-order valence-electron chi connectivity index (χ2n) is 9.42. The number of ether oxygens (including phenoxy) is 2. The van der Waals surface area contributed by atoms with Gasteiger partial charge in [0.1, 0.15) is 17.8 Å². The smallest absolute Gasteiger partial charge is 0.259 e. The van der Waals surface area contributed by atoms with Crippen molar-refractivity contribution in [3.8, 4) is 17.7 Å². The number of pyridine rings is 1. The molecule has 0 radical (unpaired) electrons. The van der Waals surface area contributed by atoms with Crippen LogP contribution in [0.5, 0.6) is 5.88 Å². The molecule has 1 aromatic heterocycles. The van der Waals surface area contributed by atoms with Crippen molar-refractivity contribution in [1.29, 1.82) is 0 Å². The first kappa shape index (κ1) is 25.4. The van der Waals surface area contributed by atoms with Gasteiger partial charge in [-0.2, -0.15) is 0 Å². The van der Waals surface area contributed by atoms with Gasteiger partial charge in [-0.25, -0.2) is 4.98 Å². The molecule has 2 N–H and O–H groups in total. The lowest BCUT2D eigenvalue weighted by atomic mass is 9.97. The number of nitrogens with zero attached hydrogens (tertiary/aromatic N) is 3. The van der Waals surface area contributed by atoms with Crippen molar-refractivity contribution in [3.05, 3.63) is 23.4 Å². The van der Waals surface area contributed by atoms with Gasteiger partial charge in [0.05, 0.1) is 12.6 Å². The van der Waals surface area contributed by atoms with E-state index in [1.807, 2.05) is 6.92 Å². The number of fused-ring (bicyclic) bond motifs is 1. The molecule has 8 heteroatoms. The lowest BCUT2D eigenvalue weighted by Crippen LogP contribution is -2.50. The summed E-state index contributed by atoms with van der Waals surface area (Å²) in [5.74, 6) is 6.24. The number of amides is 1.